The van der Waals surface area contributed by atoms with Gasteiger partial charge in [0.2, 0.25) is 0 Å². The van der Waals surface area contributed by atoms with Crippen LogP contribution in [-0.4, -0.2) is 45.3 Å². The number of hydrogen-bond acceptors (Lipinski definition) is 5. The molecular weight excluding hydrogens is 356 g/mol. The molecule has 1 fully saturated rings. The van der Waals surface area contributed by atoms with E-state index >= 15 is 0 Å². The first kappa shape index (κ1) is 18.2. The van der Waals surface area contributed by atoms with Gasteiger partial charge in [-0.05, 0) is 30.3 Å². The zero-order chi connectivity index (χ0) is 18.5. The zero-order valence-corrected chi connectivity index (χ0v) is 15.1. The third-order valence-electron chi connectivity index (χ3n) is 4.15. The van der Waals surface area contributed by atoms with E-state index in [1.807, 2.05) is 6.07 Å². The number of benzene rings is 2. The fraction of sp³-hybridized carbons (Fsp3) is 0.263. The van der Waals surface area contributed by atoms with Crippen LogP contribution in [0.1, 0.15) is 20.7 Å². The number of amides is 1. The maximum atomic E-state index is 12.5. The molecule has 6 nitrogen and oxygen atoms in total. The molecule has 0 aliphatic carbocycles. The number of nitrogens with one attached hydrogen (secondary N) is 1. The van der Waals surface area contributed by atoms with Crippen molar-refractivity contribution in [1.29, 1.82) is 0 Å². The van der Waals surface area contributed by atoms with Crippen molar-refractivity contribution < 1.29 is 19.1 Å². The maximum Gasteiger partial charge on any atom is 0.340 e. The highest BCUT2D eigenvalue weighted by Crippen LogP contribution is 2.26. The minimum Gasteiger partial charge on any atom is -0.465 e. The van der Waals surface area contributed by atoms with Crippen LogP contribution in [0.4, 0.5) is 11.4 Å². The summed E-state index contributed by atoms with van der Waals surface area (Å²) in [6.45, 7) is 2.76. The lowest BCUT2D eigenvalue weighted by Crippen LogP contribution is -2.36. The molecule has 0 bridgehead atoms. The van der Waals surface area contributed by atoms with Gasteiger partial charge in [0.1, 0.15) is 0 Å². The Hall–Kier alpha value is -2.57. The molecule has 0 spiro atoms. The molecule has 1 N–H and O–H groups in total. The second-order valence-corrected chi connectivity index (χ2v) is 6.16. The number of rotatable bonds is 4. The normalized spacial score (nSPS) is 14.0. The largest absolute Gasteiger partial charge is 0.465 e. The number of carbonyl (C=O) groups is 2. The zero-order valence-electron chi connectivity index (χ0n) is 14.3. The Labute approximate surface area is 156 Å². The Morgan fingerprint density at radius 3 is 2.54 bits per heavy atom. The van der Waals surface area contributed by atoms with Gasteiger partial charge in [0.15, 0.2) is 0 Å². The highest BCUT2D eigenvalue weighted by atomic mass is 35.5. The van der Waals surface area contributed by atoms with E-state index in [0.717, 1.165) is 18.8 Å². The summed E-state index contributed by atoms with van der Waals surface area (Å²) in [5, 5.41) is 3.09. The third-order valence-corrected chi connectivity index (χ3v) is 4.48. The summed E-state index contributed by atoms with van der Waals surface area (Å²) in [7, 11) is 1.31. The van der Waals surface area contributed by atoms with Gasteiger partial charge < -0.3 is 19.7 Å². The van der Waals surface area contributed by atoms with Crippen molar-refractivity contribution in [3.8, 4) is 0 Å². The van der Waals surface area contributed by atoms with E-state index in [1.54, 1.807) is 36.4 Å². The molecule has 2 aromatic rings. The van der Waals surface area contributed by atoms with Gasteiger partial charge in [-0.25, -0.2) is 4.79 Å². The Morgan fingerprint density at radius 2 is 1.85 bits per heavy atom. The van der Waals surface area contributed by atoms with E-state index in [0.29, 0.717) is 29.5 Å². The third kappa shape index (κ3) is 3.98. The van der Waals surface area contributed by atoms with Crippen LogP contribution in [-0.2, 0) is 9.47 Å². The molecule has 26 heavy (non-hydrogen) atoms. The average Bonchev–Trinajstić information content (AvgIpc) is 2.68. The van der Waals surface area contributed by atoms with Crippen LogP contribution in [0.15, 0.2) is 42.5 Å². The highest BCUT2D eigenvalue weighted by Gasteiger charge is 2.19. The van der Waals surface area contributed by atoms with E-state index in [2.05, 4.69) is 10.2 Å². The smallest absolute Gasteiger partial charge is 0.340 e. The molecule has 136 valence electrons. The summed E-state index contributed by atoms with van der Waals surface area (Å²) in [6.07, 6.45) is 0. The average molecular weight is 375 g/mol. The first-order valence-electron chi connectivity index (χ1n) is 8.21. The Bertz CT molecular complexity index is 819. The highest BCUT2D eigenvalue weighted by molar-refractivity contribution is 6.34. The van der Waals surface area contributed by atoms with E-state index in [-0.39, 0.29) is 11.5 Å². The Morgan fingerprint density at radius 1 is 1.12 bits per heavy atom. The van der Waals surface area contributed by atoms with Crippen LogP contribution in [0.5, 0.6) is 0 Å². The molecule has 1 amide bonds. The van der Waals surface area contributed by atoms with Crippen LogP contribution in [0.3, 0.4) is 0 Å². The second kappa shape index (κ2) is 8.21. The lowest BCUT2D eigenvalue weighted by molar-refractivity contribution is 0.0602. The van der Waals surface area contributed by atoms with Crippen LogP contribution in [0.2, 0.25) is 5.02 Å². The Balaban J connectivity index is 1.89. The van der Waals surface area contributed by atoms with Gasteiger partial charge in [0.25, 0.3) is 5.91 Å². The number of anilines is 2. The number of ether oxygens (including phenoxy) is 2. The molecule has 0 unspecified atom stereocenters. The molecular formula is C19H19ClN2O4. The predicted octanol–water partition coefficient (Wildman–Crippen LogP) is 3.22. The SMILES string of the molecule is COC(=O)c1cc(N2CCOCC2)ccc1NC(=O)c1ccccc1Cl. The van der Waals surface area contributed by atoms with Crippen molar-refractivity contribution in [2.24, 2.45) is 0 Å². The molecule has 0 radical (unpaired) electrons. The van der Waals surface area contributed by atoms with Gasteiger partial charge >= 0.3 is 5.97 Å². The van der Waals surface area contributed by atoms with Gasteiger partial charge in [-0.3, -0.25) is 4.79 Å². The van der Waals surface area contributed by atoms with Crippen molar-refractivity contribution >= 4 is 34.9 Å². The first-order chi connectivity index (χ1) is 12.6. The fourth-order valence-corrected chi connectivity index (χ4v) is 2.99. The number of halogens is 1. The van der Waals surface area contributed by atoms with Gasteiger partial charge in [-0.2, -0.15) is 0 Å². The summed E-state index contributed by atoms with van der Waals surface area (Å²) in [6, 6.07) is 12.0. The molecule has 0 aromatic heterocycles. The molecule has 1 aliphatic heterocycles. The summed E-state index contributed by atoms with van der Waals surface area (Å²) in [5.74, 6) is -0.908. The van der Waals surface area contributed by atoms with Crippen molar-refractivity contribution in [2.45, 2.75) is 0 Å². The number of hydrogen-bond donors (Lipinski definition) is 1. The molecule has 1 saturated heterocycles. The molecule has 3 rings (SSSR count). The number of esters is 1. The van der Waals surface area contributed by atoms with Crippen molar-refractivity contribution in [1.82, 2.24) is 0 Å². The first-order valence-corrected chi connectivity index (χ1v) is 8.59. The summed E-state index contributed by atoms with van der Waals surface area (Å²) in [5.41, 5.74) is 1.88. The van der Waals surface area contributed by atoms with Gasteiger partial charge in [-0.1, -0.05) is 23.7 Å². The molecule has 0 saturated carbocycles. The summed E-state index contributed by atoms with van der Waals surface area (Å²) >= 11 is 6.07. The Kier molecular flexibility index (Phi) is 5.75. The van der Waals surface area contributed by atoms with Crippen molar-refractivity contribution in [3.05, 3.63) is 58.6 Å². The van der Waals surface area contributed by atoms with Crippen LogP contribution in [0.25, 0.3) is 0 Å². The second-order valence-electron chi connectivity index (χ2n) is 5.75. The molecule has 1 aliphatic rings. The van der Waals surface area contributed by atoms with E-state index in [9.17, 15) is 9.59 Å². The standard InChI is InChI=1S/C19H19ClN2O4/c1-25-19(24)15-12-13(22-8-10-26-11-9-22)6-7-17(15)21-18(23)14-4-2-3-5-16(14)20/h2-7,12H,8-11H2,1H3,(H,21,23). The number of nitrogens with zero attached hydrogens (tertiary/aromatic N) is 1. The summed E-state index contributed by atoms with van der Waals surface area (Å²) < 4.78 is 10.2. The summed E-state index contributed by atoms with van der Waals surface area (Å²) in [4.78, 5) is 26.8. The lowest BCUT2D eigenvalue weighted by atomic mass is 10.1. The predicted molar refractivity (Wildman–Crippen MR) is 100 cm³/mol. The quantitative estimate of drug-likeness (QED) is 0.832. The van der Waals surface area contributed by atoms with E-state index < -0.39 is 5.97 Å². The van der Waals surface area contributed by atoms with E-state index in [4.69, 9.17) is 21.1 Å². The molecule has 1 heterocycles. The fourth-order valence-electron chi connectivity index (χ4n) is 2.77. The van der Waals surface area contributed by atoms with Crippen molar-refractivity contribution in [3.63, 3.8) is 0 Å². The minimum atomic E-state index is -0.519. The number of carbonyl (C=O) groups excluding carboxylic acids is 2. The monoisotopic (exact) mass is 374 g/mol. The minimum absolute atomic E-state index is 0.289. The maximum absolute atomic E-state index is 12.5. The molecule has 0 atom stereocenters. The molecule has 7 heteroatoms. The van der Waals surface area contributed by atoms with Gasteiger partial charge in [0, 0.05) is 18.8 Å². The number of methoxy groups -OCH3 is 1. The van der Waals surface area contributed by atoms with Crippen molar-refractivity contribution in [2.75, 3.05) is 43.6 Å². The van der Waals surface area contributed by atoms with Crippen LogP contribution in [0, 0.1) is 0 Å². The van der Waals surface area contributed by atoms with E-state index in [1.165, 1.54) is 7.11 Å². The number of morpholine rings is 1. The van der Waals surface area contributed by atoms with Gasteiger partial charge in [0.05, 0.1) is 42.2 Å². The molecule has 2 aromatic carbocycles. The van der Waals surface area contributed by atoms with Crippen LogP contribution < -0.4 is 10.2 Å². The lowest BCUT2D eigenvalue weighted by Gasteiger charge is -2.29. The topological polar surface area (TPSA) is 67.9 Å². The van der Waals surface area contributed by atoms with Crippen LogP contribution >= 0.6 is 11.6 Å². The van der Waals surface area contributed by atoms with Gasteiger partial charge in [-0.15, -0.1) is 0 Å².